The van der Waals surface area contributed by atoms with Gasteiger partial charge >= 0.3 is 0 Å². The number of allylic oxidation sites excluding steroid dienone is 3. The van der Waals surface area contributed by atoms with Crippen LogP contribution in [0.2, 0.25) is 0 Å². The lowest BCUT2D eigenvalue weighted by Crippen LogP contribution is -2.64. The van der Waals surface area contributed by atoms with E-state index in [9.17, 15) is 19.6 Å². The Morgan fingerprint density at radius 3 is 2.72 bits per heavy atom. The van der Waals surface area contributed by atoms with Crippen LogP contribution < -0.4 is 20.9 Å². The number of likely N-dealkylation sites (tertiary alicyclic amines) is 1. The summed E-state index contributed by atoms with van der Waals surface area (Å²) in [7, 11) is 0. The fourth-order valence-corrected chi connectivity index (χ4v) is 7.05. The lowest BCUT2D eigenvalue weighted by Gasteiger charge is -2.45. The fourth-order valence-electron chi connectivity index (χ4n) is 7.05. The number of hydrazine groups is 1. The molecule has 0 saturated carbocycles. The van der Waals surface area contributed by atoms with E-state index < -0.39 is 17.0 Å². The molecule has 3 amide bonds. The van der Waals surface area contributed by atoms with Gasteiger partial charge in [-0.1, -0.05) is 53.8 Å². The van der Waals surface area contributed by atoms with Crippen LogP contribution in [0, 0.1) is 22.7 Å². The topological polar surface area (TPSA) is 180 Å². The molecule has 0 radical (unpaired) electrons. The summed E-state index contributed by atoms with van der Waals surface area (Å²) in [6.07, 6.45) is 18.0. The predicted molar refractivity (Wildman–Crippen MR) is 180 cm³/mol. The Hall–Kier alpha value is -5.52. The van der Waals surface area contributed by atoms with Crippen LogP contribution in [0.15, 0.2) is 79.2 Å². The second kappa shape index (κ2) is 14.1. The van der Waals surface area contributed by atoms with Crippen molar-refractivity contribution < 1.29 is 19.1 Å². The highest BCUT2D eigenvalue weighted by Gasteiger charge is 2.50. The molecule has 14 heteroatoms. The SMILES string of the molecule is N#CC1(C2(Cc3cccc(-c4nccc(OCC5CCN(Cc6cn(C7CCC(=O)NC7=O)nn6)CC5)n4)c3)C=CC(=O)NN2)C=CC=CC1. The smallest absolute Gasteiger partial charge is 0.257 e. The van der Waals surface area contributed by atoms with E-state index in [0.717, 1.165) is 42.8 Å². The van der Waals surface area contributed by atoms with Gasteiger partial charge in [0.2, 0.25) is 11.8 Å². The number of carbonyl (C=O) groups is 3. The molecule has 0 bridgehead atoms. The Labute approximate surface area is 289 Å². The van der Waals surface area contributed by atoms with Gasteiger partial charge in [-0.3, -0.25) is 30.0 Å². The Morgan fingerprint density at radius 1 is 1.08 bits per heavy atom. The van der Waals surface area contributed by atoms with Gasteiger partial charge in [0.15, 0.2) is 5.82 Å². The molecule has 256 valence electrons. The number of carbonyl (C=O) groups excluding carboxylic acids is 3. The number of hydrogen-bond donors (Lipinski definition) is 3. The summed E-state index contributed by atoms with van der Waals surface area (Å²) in [4.78, 5) is 47.2. The van der Waals surface area contributed by atoms with Gasteiger partial charge in [-0.2, -0.15) is 10.2 Å². The van der Waals surface area contributed by atoms with E-state index in [4.69, 9.17) is 9.72 Å². The molecule has 5 heterocycles. The second-order valence-electron chi connectivity index (χ2n) is 13.3. The Kier molecular flexibility index (Phi) is 9.34. The summed E-state index contributed by atoms with van der Waals surface area (Å²) in [6.45, 7) is 2.95. The maximum atomic E-state index is 12.2. The summed E-state index contributed by atoms with van der Waals surface area (Å²) >= 11 is 0. The van der Waals surface area contributed by atoms with Crippen LogP contribution in [0.4, 0.5) is 0 Å². The number of nitriles is 1. The number of imide groups is 1. The normalized spacial score (nSPS) is 25.6. The maximum absolute atomic E-state index is 12.2. The van der Waals surface area contributed by atoms with Crippen molar-refractivity contribution in [2.24, 2.45) is 11.3 Å². The summed E-state index contributed by atoms with van der Waals surface area (Å²) < 4.78 is 7.73. The molecule has 3 aliphatic heterocycles. The molecule has 3 N–H and O–H groups in total. The van der Waals surface area contributed by atoms with E-state index in [1.54, 1.807) is 29.2 Å². The van der Waals surface area contributed by atoms with Crippen LogP contribution in [-0.4, -0.2) is 72.8 Å². The van der Waals surface area contributed by atoms with E-state index in [-0.39, 0.29) is 17.7 Å². The molecule has 3 unspecified atom stereocenters. The van der Waals surface area contributed by atoms with E-state index in [0.29, 0.717) is 56.5 Å². The lowest BCUT2D eigenvalue weighted by molar-refractivity contribution is -0.136. The molecule has 0 spiro atoms. The predicted octanol–water partition coefficient (Wildman–Crippen LogP) is 2.50. The van der Waals surface area contributed by atoms with Gasteiger partial charge in [0.05, 0.1) is 30.1 Å². The first-order chi connectivity index (χ1) is 24.3. The first-order valence-corrected chi connectivity index (χ1v) is 16.9. The van der Waals surface area contributed by atoms with Gasteiger partial charge in [0.25, 0.3) is 11.8 Å². The van der Waals surface area contributed by atoms with Crippen LogP contribution in [-0.2, 0) is 27.3 Å². The van der Waals surface area contributed by atoms with E-state index in [2.05, 4.69) is 42.4 Å². The fraction of sp³-hybridized carbons (Fsp3) is 0.389. The van der Waals surface area contributed by atoms with Crippen LogP contribution in [0.3, 0.4) is 0 Å². The molecular weight excluding hydrogens is 636 g/mol. The highest BCUT2D eigenvalue weighted by Crippen LogP contribution is 2.42. The summed E-state index contributed by atoms with van der Waals surface area (Å²) in [5, 5.41) is 21.1. The monoisotopic (exact) mass is 674 g/mol. The highest BCUT2D eigenvalue weighted by molar-refractivity contribution is 5.99. The van der Waals surface area contributed by atoms with Crippen molar-refractivity contribution in [1.29, 1.82) is 5.26 Å². The third kappa shape index (κ3) is 6.96. The first-order valence-electron chi connectivity index (χ1n) is 16.9. The third-order valence-corrected chi connectivity index (χ3v) is 9.94. The number of nitrogens with zero attached hydrogens (tertiary/aromatic N) is 7. The molecule has 3 atom stereocenters. The number of hydrogen-bond acceptors (Lipinski definition) is 11. The Bertz CT molecular complexity index is 1910. The standard InChI is InChI=1S/C36H38N10O4/c37-24-35(13-2-1-3-14-35)36(15-9-31(48)42-43-36)20-26-5-4-6-27(19-26)33-38-16-10-32(40-33)50-23-25-11-17-45(18-12-25)21-28-22-46(44-41-28)29-7-8-30(47)39-34(29)49/h1-6,9-10,13,15-16,19,22,25,29,43H,7-8,11-12,14,17-18,20-21,23H2,(H,42,48)(H,39,47,49). The first kappa shape index (κ1) is 33.0. The molecule has 4 aliphatic rings. The maximum Gasteiger partial charge on any atom is 0.257 e. The summed E-state index contributed by atoms with van der Waals surface area (Å²) in [5.41, 5.74) is 6.67. The molecule has 14 nitrogen and oxygen atoms in total. The molecule has 2 saturated heterocycles. The second-order valence-corrected chi connectivity index (χ2v) is 13.3. The molecule has 1 aromatic carbocycles. The quantitative estimate of drug-likeness (QED) is 0.269. The average molecular weight is 675 g/mol. The number of rotatable bonds is 10. The van der Waals surface area contributed by atoms with Crippen molar-refractivity contribution in [1.82, 2.24) is 46.0 Å². The number of amides is 3. The minimum absolute atomic E-state index is 0.251. The molecule has 7 rings (SSSR count). The number of benzene rings is 1. The number of aromatic nitrogens is 5. The highest BCUT2D eigenvalue weighted by atomic mass is 16.5. The lowest BCUT2D eigenvalue weighted by atomic mass is 9.64. The van der Waals surface area contributed by atoms with Crippen molar-refractivity contribution in [3.63, 3.8) is 0 Å². The van der Waals surface area contributed by atoms with Gasteiger partial charge in [-0.05, 0) is 62.7 Å². The zero-order valence-corrected chi connectivity index (χ0v) is 27.5. The molecule has 2 fully saturated rings. The number of nitrogens with one attached hydrogen (secondary N) is 3. The molecule has 2 aromatic heterocycles. The zero-order valence-electron chi connectivity index (χ0n) is 27.5. The van der Waals surface area contributed by atoms with Gasteiger partial charge in [0.1, 0.15) is 11.5 Å². The number of piperidine rings is 2. The van der Waals surface area contributed by atoms with E-state index in [1.807, 2.05) is 48.6 Å². The Balaban J connectivity index is 0.948. The van der Waals surface area contributed by atoms with Crippen LogP contribution in [0.1, 0.15) is 49.4 Å². The molecular formula is C36H38N10O4. The molecule has 50 heavy (non-hydrogen) atoms. The van der Waals surface area contributed by atoms with Gasteiger partial charge < -0.3 is 4.74 Å². The Morgan fingerprint density at radius 2 is 1.96 bits per heavy atom. The van der Waals surface area contributed by atoms with Crippen molar-refractivity contribution in [3.05, 3.63) is 90.4 Å². The van der Waals surface area contributed by atoms with Crippen molar-refractivity contribution in [2.75, 3.05) is 19.7 Å². The van der Waals surface area contributed by atoms with E-state index >= 15 is 0 Å². The van der Waals surface area contributed by atoms with Crippen molar-refractivity contribution in [2.45, 2.75) is 56.7 Å². The minimum Gasteiger partial charge on any atom is -0.477 e. The van der Waals surface area contributed by atoms with Gasteiger partial charge in [0, 0.05) is 36.9 Å². The molecule has 1 aliphatic carbocycles. The van der Waals surface area contributed by atoms with E-state index in [1.165, 1.54) is 6.08 Å². The summed E-state index contributed by atoms with van der Waals surface area (Å²) in [5.74, 6) is 0.566. The number of ether oxygens (including phenoxy) is 1. The van der Waals surface area contributed by atoms with Crippen LogP contribution in [0.25, 0.3) is 11.4 Å². The summed E-state index contributed by atoms with van der Waals surface area (Å²) in [6, 6.07) is 11.7. The third-order valence-electron chi connectivity index (χ3n) is 9.94. The minimum atomic E-state index is -0.903. The largest absolute Gasteiger partial charge is 0.477 e. The van der Waals surface area contributed by atoms with Gasteiger partial charge in [-0.15, -0.1) is 5.10 Å². The van der Waals surface area contributed by atoms with Crippen LogP contribution >= 0.6 is 0 Å². The molecule has 3 aromatic rings. The zero-order chi connectivity index (χ0) is 34.6. The van der Waals surface area contributed by atoms with Crippen LogP contribution in [0.5, 0.6) is 5.88 Å². The van der Waals surface area contributed by atoms with Crippen molar-refractivity contribution >= 4 is 17.7 Å². The van der Waals surface area contributed by atoms with Gasteiger partial charge in [-0.25, -0.2) is 15.1 Å². The average Bonchev–Trinajstić information content (AvgIpc) is 3.61. The van der Waals surface area contributed by atoms with Crippen molar-refractivity contribution in [3.8, 4) is 23.3 Å².